The molecule has 0 radical (unpaired) electrons. The highest BCUT2D eigenvalue weighted by atomic mass is 16.6. The summed E-state index contributed by atoms with van der Waals surface area (Å²) < 4.78 is 16.2. The standard InChI is InChI=1S/C21H38O4/c1-3-4-10-13-17-19(24-17)16-20-18(25-20)14-11-8-6-5-7-9-12-15-21(22)23-2/h17-20H,3-16H2,1-2H3/t17-,18+,19+,20?/m1/s1. The molecule has 25 heavy (non-hydrogen) atoms. The van der Waals surface area contributed by atoms with Crippen molar-refractivity contribution in [2.24, 2.45) is 0 Å². The van der Waals surface area contributed by atoms with Gasteiger partial charge in [0.25, 0.3) is 0 Å². The smallest absolute Gasteiger partial charge is 0.305 e. The van der Waals surface area contributed by atoms with Gasteiger partial charge in [0, 0.05) is 12.8 Å². The van der Waals surface area contributed by atoms with E-state index in [2.05, 4.69) is 11.7 Å². The third-order valence-corrected chi connectivity index (χ3v) is 5.53. The third kappa shape index (κ3) is 9.05. The van der Waals surface area contributed by atoms with E-state index in [1.54, 1.807) is 0 Å². The first kappa shape index (κ1) is 20.7. The number of epoxide rings is 2. The molecule has 2 fully saturated rings. The zero-order valence-corrected chi connectivity index (χ0v) is 16.3. The van der Waals surface area contributed by atoms with Crippen LogP contribution in [0.25, 0.3) is 0 Å². The minimum Gasteiger partial charge on any atom is -0.469 e. The summed E-state index contributed by atoms with van der Waals surface area (Å²) >= 11 is 0. The lowest BCUT2D eigenvalue weighted by molar-refractivity contribution is -0.140. The van der Waals surface area contributed by atoms with Crippen molar-refractivity contribution in [3.63, 3.8) is 0 Å². The average molecular weight is 355 g/mol. The third-order valence-electron chi connectivity index (χ3n) is 5.53. The van der Waals surface area contributed by atoms with Gasteiger partial charge >= 0.3 is 5.97 Å². The maximum atomic E-state index is 11.0. The summed E-state index contributed by atoms with van der Waals surface area (Å²) in [5, 5.41) is 0. The second kappa shape index (κ2) is 11.9. The molecular weight excluding hydrogens is 316 g/mol. The minimum atomic E-state index is -0.0807. The second-order valence-corrected chi connectivity index (χ2v) is 7.75. The fraction of sp³-hybridized carbons (Fsp3) is 0.952. The van der Waals surface area contributed by atoms with Gasteiger partial charge in [0.15, 0.2) is 0 Å². The quantitative estimate of drug-likeness (QED) is 0.218. The van der Waals surface area contributed by atoms with E-state index in [1.165, 1.54) is 71.3 Å². The van der Waals surface area contributed by atoms with E-state index in [0.29, 0.717) is 30.8 Å². The summed E-state index contributed by atoms with van der Waals surface area (Å²) in [5.41, 5.74) is 0. The Labute approximate surface area is 154 Å². The molecule has 2 heterocycles. The van der Waals surface area contributed by atoms with Crippen LogP contribution in [-0.4, -0.2) is 37.5 Å². The Morgan fingerprint density at radius 2 is 1.28 bits per heavy atom. The fourth-order valence-corrected chi connectivity index (χ4v) is 3.71. The van der Waals surface area contributed by atoms with Crippen molar-refractivity contribution >= 4 is 5.97 Å². The first-order chi connectivity index (χ1) is 12.2. The number of rotatable bonds is 16. The molecule has 0 aromatic heterocycles. The van der Waals surface area contributed by atoms with E-state index in [1.807, 2.05) is 0 Å². The molecule has 2 saturated heterocycles. The monoisotopic (exact) mass is 354 g/mol. The Hall–Kier alpha value is -0.610. The van der Waals surface area contributed by atoms with Crippen LogP contribution in [0.2, 0.25) is 0 Å². The van der Waals surface area contributed by atoms with Gasteiger partial charge in [-0.2, -0.15) is 0 Å². The average Bonchev–Trinajstić information content (AvgIpc) is 3.53. The van der Waals surface area contributed by atoms with Gasteiger partial charge in [-0.15, -0.1) is 0 Å². The summed E-state index contributed by atoms with van der Waals surface area (Å²) in [5.74, 6) is -0.0807. The molecule has 4 heteroatoms. The summed E-state index contributed by atoms with van der Waals surface area (Å²) in [6.07, 6.45) is 18.7. The maximum Gasteiger partial charge on any atom is 0.305 e. The Balaban J connectivity index is 1.31. The molecule has 2 aliphatic heterocycles. The summed E-state index contributed by atoms with van der Waals surface area (Å²) in [4.78, 5) is 11.0. The van der Waals surface area contributed by atoms with Crippen molar-refractivity contribution in [3.05, 3.63) is 0 Å². The molecule has 0 bridgehead atoms. The number of hydrogen-bond acceptors (Lipinski definition) is 4. The van der Waals surface area contributed by atoms with E-state index < -0.39 is 0 Å². The molecule has 1 unspecified atom stereocenters. The fourth-order valence-electron chi connectivity index (χ4n) is 3.71. The van der Waals surface area contributed by atoms with Crippen LogP contribution in [-0.2, 0) is 19.0 Å². The first-order valence-corrected chi connectivity index (χ1v) is 10.6. The molecule has 0 saturated carbocycles. The number of carbonyl (C=O) groups excluding carboxylic acids is 1. The van der Waals surface area contributed by atoms with Crippen molar-refractivity contribution in [1.29, 1.82) is 0 Å². The van der Waals surface area contributed by atoms with E-state index in [4.69, 9.17) is 9.47 Å². The largest absolute Gasteiger partial charge is 0.469 e. The van der Waals surface area contributed by atoms with Gasteiger partial charge in [0.05, 0.1) is 31.5 Å². The Kier molecular flexibility index (Phi) is 9.85. The van der Waals surface area contributed by atoms with Crippen LogP contribution in [0.4, 0.5) is 0 Å². The van der Waals surface area contributed by atoms with Crippen molar-refractivity contribution in [3.8, 4) is 0 Å². The number of methoxy groups -OCH3 is 1. The summed E-state index contributed by atoms with van der Waals surface area (Å²) in [6, 6.07) is 0. The number of hydrogen-bond donors (Lipinski definition) is 0. The lowest BCUT2D eigenvalue weighted by Crippen LogP contribution is -2.02. The van der Waals surface area contributed by atoms with Gasteiger partial charge < -0.3 is 14.2 Å². The Bertz CT molecular complexity index is 371. The Morgan fingerprint density at radius 3 is 1.84 bits per heavy atom. The second-order valence-electron chi connectivity index (χ2n) is 7.75. The van der Waals surface area contributed by atoms with Crippen LogP contribution in [0.3, 0.4) is 0 Å². The lowest BCUT2D eigenvalue weighted by Gasteiger charge is -2.01. The van der Waals surface area contributed by atoms with E-state index in [9.17, 15) is 4.79 Å². The topological polar surface area (TPSA) is 51.4 Å². The van der Waals surface area contributed by atoms with Crippen molar-refractivity contribution in [1.82, 2.24) is 0 Å². The Morgan fingerprint density at radius 1 is 0.760 bits per heavy atom. The van der Waals surface area contributed by atoms with E-state index in [-0.39, 0.29) is 5.97 Å². The van der Waals surface area contributed by atoms with Gasteiger partial charge in [-0.1, -0.05) is 64.7 Å². The highest BCUT2D eigenvalue weighted by molar-refractivity contribution is 5.68. The molecule has 0 aromatic carbocycles. The highest BCUT2D eigenvalue weighted by Crippen LogP contribution is 2.39. The zero-order chi connectivity index (χ0) is 17.9. The molecule has 0 spiro atoms. The molecular formula is C21H38O4. The van der Waals surface area contributed by atoms with Crippen molar-refractivity contribution in [2.45, 2.75) is 121 Å². The van der Waals surface area contributed by atoms with Gasteiger partial charge in [-0.05, 0) is 19.3 Å². The SMILES string of the molecule is CCCCC[C@H]1O[C@H]1CC1O[C@H]1CCCCCCCCCC(=O)OC. The molecule has 0 N–H and O–H groups in total. The van der Waals surface area contributed by atoms with Gasteiger partial charge in [-0.3, -0.25) is 4.79 Å². The van der Waals surface area contributed by atoms with E-state index >= 15 is 0 Å². The molecule has 146 valence electrons. The number of esters is 1. The first-order valence-electron chi connectivity index (χ1n) is 10.6. The molecule has 2 aliphatic rings. The summed E-state index contributed by atoms with van der Waals surface area (Å²) in [7, 11) is 1.46. The van der Waals surface area contributed by atoms with Crippen LogP contribution < -0.4 is 0 Å². The van der Waals surface area contributed by atoms with Crippen molar-refractivity contribution < 1.29 is 19.0 Å². The normalized spacial score (nSPS) is 27.3. The van der Waals surface area contributed by atoms with Crippen LogP contribution in [0.5, 0.6) is 0 Å². The van der Waals surface area contributed by atoms with Gasteiger partial charge in [-0.25, -0.2) is 0 Å². The lowest BCUT2D eigenvalue weighted by atomic mass is 10.0. The summed E-state index contributed by atoms with van der Waals surface area (Å²) in [6.45, 7) is 2.25. The van der Waals surface area contributed by atoms with Crippen LogP contribution >= 0.6 is 0 Å². The predicted molar refractivity (Wildman–Crippen MR) is 99.7 cm³/mol. The molecule has 0 aromatic rings. The molecule has 0 amide bonds. The number of unbranched alkanes of at least 4 members (excludes halogenated alkanes) is 8. The number of carbonyl (C=O) groups is 1. The minimum absolute atomic E-state index is 0.0807. The molecule has 2 rings (SSSR count). The molecule has 4 atom stereocenters. The van der Waals surface area contributed by atoms with Crippen LogP contribution in [0.1, 0.15) is 96.8 Å². The predicted octanol–water partition coefficient (Wildman–Crippen LogP) is 5.18. The van der Waals surface area contributed by atoms with Crippen molar-refractivity contribution in [2.75, 3.05) is 7.11 Å². The highest BCUT2D eigenvalue weighted by Gasteiger charge is 2.47. The zero-order valence-electron chi connectivity index (χ0n) is 16.3. The van der Waals surface area contributed by atoms with Crippen LogP contribution in [0, 0.1) is 0 Å². The maximum absolute atomic E-state index is 11.0. The van der Waals surface area contributed by atoms with Crippen LogP contribution in [0.15, 0.2) is 0 Å². The number of ether oxygens (including phenoxy) is 3. The van der Waals surface area contributed by atoms with Gasteiger partial charge in [0.2, 0.25) is 0 Å². The molecule has 0 aliphatic carbocycles. The molecule has 4 nitrogen and oxygen atoms in total. The van der Waals surface area contributed by atoms with Gasteiger partial charge in [0.1, 0.15) is 0 Å². The van der Waals surface area contributed by atoms with E-state index in [0.717, 1.165) is 19.3 Å².